The SMILES string of the molecule is CN1OC(C)(C)CC1S(=O)(=O)Cc1noc2cc(F)c(NC(O)C3CC3)cc12. The van der Waals surface area contributed by atoms with Gasteiger partial charge in [0, 0.05) is 30.8 Å². The number of nitrogens with zero attached hydrogens (tertiary/aromatic N) is 2. The molecule has 2 unspecified atom stereocenters. The molecule has 4 rings (SSSR count). The molecule has 0 bridgehead atoms. The van der Waals surface area contributed by atoms with E-state index in [1.54, 1.807) is 7.05 Å². The summed E-state index contributed by atoms with van der Waals surface area (Å²) in [6.07, 6.45) is 1.27. The number of hydrogen-bond acceptors (Lipinski definition) is 8. The molecule has 0 spiro atoms. The van der Waals surface area contributed by atoms with Crippen molar-refractivity contribution in [2.75, 3.05) is 12.4 Å². The maximum atomic E-state index is 14.3. The molecule has 2 aromatic rings. The standard InChI is InChI=1S/C18H24FN3O5S/c1-18(2)8-16(22(3)27-18)28(24,25)9-14-11-6-13(20-17(23)10-4-5-10)12(19)7-15(11)26-21-14/h6-7,10,16-17,20,23H,4-5,8-9H2,1-3H3. The predicted molar refractivity (Wildman–Crippen MR) is 100 cm³/mol. The molecule has 1 aromatic heterocycles. The van der Waals surface area contributed by atoms with Gasteiger partial charge in [0.25, 0.3) is 0 Å². The summed E-state index contributed by atoms with van der Waals surface area (Å²) in [6.45, 7) is 3.66. The third kappa shape index (κ3) is 3.73. The van der Waals surface area contributed by atoms with Crippen molar-refractivity contribution in [3.8, 4) is 0 Å². The van der Waals surface area contributed by atoms with Gasteiger partial charge in [-0.3, -0.25) is 4.84 Å². The van der Waals surface area contributed by atoms with Gasteiger partial charge in [0.1, 0.15) is 23.1 Å². The van der Waals surface area contributed by atoms with Crippen LogP contribution in [0.1, 0.15) is 38.8 Å². The number of aliphatic hydroxyl groups excluding tert-OH is 1. The lowest BCUT2D eigenvalue weighted by atomic mass is 10.1. The van der Waals surface area contributed by atoms with Crippen molar-refractivity contribution in [2.45, 2.75) is 56.1 Å². The van der Waals surface area contributed by atoms with Gasteiger partial charge in [-0.15, -0.1) is 0 Å². The van der Waals surface area contributed by atoms with Crippen LogP contribution in [0.15, 0.2) is 16.7 Å². The molecule has 2 atom stereocenters. The summed E-state index contributed by atoms with van der Waals surface area (Å²) in [5.74, 6) is -0.841. The molecule has 2 fully saturated rings. The number of sulfone groups is 1. The largest absolute Gasteiger partial charge is 0.374 e. The highest BCUT2D eigenvalue weighted by Gasteiger charge is 2.44. The van der Waals surface area contributed by atoms with Crippen molar-refractivity contribution in [1.82, 2.24) is 10.2 Å². The number of hydroxylamine groups is 2. The number of nitrogens with one attached hydrogen (secondary N) is 1. The van der Waals surface area contributed by atoms with E-state index < -0.39 is 32.9 Å². The lowest BCUT2D eigenvalue weighted by Gasteiger charge is -2.18. The van der Waals surface area contributed by atoms with Gasteiger partial charge in [-0.05, 0) is 32.8 Å². The van der Waals surface area contributed by atoms with Crippen LogP contribution in [-0.2, 0) is 20.4 Å². The maximum absolute atomic E-state index is 14.3. The smallest absolute Gasteiger partial charge is 0.174 e. The monoisotopic (exact) mass is 413 g/mol. The minimum atomic E-state index is -3.63. The van der Waals surface area contributed by atoms with Crippen molar-refractivity contribution in [3.05, 3.63) is 23.6 Å². The highest BCUT2D eigenvalue weighted by molar-refractivity contribution is 7.91. The minimum Gasteiger partial charge on any atom is -0.374 e. The van der Waals surface area contributed by atoms with Crippen LogP contribution in [0.4, 0.5) is 10.1 Å². The summed E-state index contributed by atoms with van der Waals surface area (Å²) >= 11 is 0. The zero-order valence-electron chi connectivity index (χ0n) is 16.0. The van der Waals surface area contributed by atoms with Crippen LogP contribution in [0, 0.1) is 11.7 Å². The van der Waals surface area contributed by atoms with Gasteiger partial charge in [-0.1, -0.05) is 5.16 Å². The van der Waals surface area contributed by atoms with E-state index in [-0.39, 0.29) is 28.6 Å². The van der Waals surface area contributed by atoms with Crippen LogP contribution >= 0.6 is 0 Å². The third-order valence-electron chi connectivity index (χ3n) is 5.22. The summed E-state index contributed by atoms with van der Waals surface area (Å²) in [7, 11) is -2.04. The van der Waals surface area contributed by atoms with Gasteiger partial charge >= 0.3 is 0 Å². The van der Waals surface area contributed by atoms with Crippen LogP contribution in [-0.4, -0.2) is 48.0 Å². The number of fused-ring (bicyclic) bond motifs is 1. The molecule has 2 heterocycles. The Bertz CT molecular complexity index is 1000. The molecule has 28 heavy (non-hydrogen) atoms. The average Bonchev–Trinajstić information content (AvgIpc) is 3.31. The average molecular weight is 413 g/mol. The first-order chi connectivity index (χ1) is 13.1. The second-order valence-corrected chi connectivity index (χ2v) is 10.4. The Kier molecular flexibility index (Phi) is 4.65. The molecule has 10 heteroatoms. The van der Waals surface area contributed by atoms with Gasteiger partial charge in [0.05, 0.1) is 17.0 Å². The molecule has 2 aliphatic rings. The summed E-state index contributed by atoms with van der Waals surface area (Å²) in [5.41, 5.74) is -0.115. The van der Waals surface area contributed by atoms with E-state index in [2.05, 4.69) is 10.5 Å². The fourth-order valence-corrected chi connectivity index (χ4v) is 5.52. The number of hydrogen-bond donors (Lipinski definition) is 2. The molecule has 1 aliphatic carbocycles. The van der Waals surface area contributed by atoms with Crippen molar-refractivity contribution in [3.63, 3.8) is 0 Å². The second kappa shape index (κ2) is 6.65. The van der Waals surface area contributed by atoms with Gasteiger partial charge in [-0.25, -0.2) is 12.8 Å². The van der Waals surface area contributed by atoms with E-state index in [1.807, 2.05) is 13.8 Å². The predicted octanol–water partition coefficient (Wildman–Crippen LogP) is 2.39. The van der Waals surface area contributed by atoms with Crippen LogP contribution in [0.25, 0.3) is 11.0 Å². The van der Waals surface area contributed by atoms with E-state index in [1.165, 1.54) is 11.1 Å². The highest BCUT2D eigenvalue weighted by atomic mass is 32.2. The Balaban J connectivity index is 1.61. The Hall–Kier alpha value is -1.75. The first-order valence-electron chi connectivity index (χ1n) is 9.22. The molecular weight excluding hydrogens is 389 g/mol. The summed E-state index contributed by atoms with van der Waals surface area (Å²) in [4.78, 5) is 5.58. The quantitative estimate of drug-likeness (QED) is 0.696. The van der Waals surface area contributed by atoms with E-state index >= 15 is 0 Å². The van der Waals surface area contributed by atoms with E-state index in [0.29, 0.717) is 11.8 Å². The van der Waals surface area contributed by atoms with Gasteiger partial charge in [0.2, 0.25) is 0 Å². The third-order valence-corrected chi connectivity index (χ3v) is 7.19. The summed E-state index contributed by atoms with van der Waals surface area (Å²) in [6, 6.07) is 2.59. The normalized spacial score (nSPS) is 24.0. The van der Waals surface area contributed by atoms with Gasteiger partial charge in [0.15, 0.2) is 15.4 Å². The molecule has 1 aromatic carbocycles. The Morgan fingerprint density at radius 2 is 2.14 bits per heavy atom. The Labute approximate surface area is 162 Å². The number of halogens is 1. The molecule has 0 radical (unpaired) electrons. The molecule has 154 valence electrons. The van der Waals surface area contributed by atoms with Crippen molar-refractivity contribution >= 4 is 26.5 Å². The van der Waals surface area contributed by atoms with Crippen molar-refractivity contribution < 1.29 is 27.3 Å². The van der Waals surface area contributed by atoms with E-state index in [0.717, 1.165) is 18.9 Å². The first-order valence-corrected chi connectivity index (χ1v) is 10.9. The molecule has 8 nitrogen and oxygen atoms in total. The molecule has 1 saturated heterocycles. The topological polar surface area (TPSA) is 105 Å². The van der Waals surface area contributed by atoms with Crippen molar-refractivity contribution in [1.29, 1.82) is 0 Å². The number of aromatic nitrogens is 1. The molecule has 0 amide bonds. The summed E-state index contributed by atoms with van der Waals surface area (Å²) < 4.78 is 45.3. The Morgan fingerprint density at radius 3 is 2.75 bits per heavy atom. The highest BCUT2D eigenvalue weighted by Crippen LogP contribution is 2.36. The number of rotatable bonds is 6. The molecule has 1 saturated carbocycles. The fraction of sp³-hybridized carbons (Fsp3) is 0.611. The van der Waals surface area contributed by atoms with Crippen LogP contribution in [0.3, 0.4) is 0 Å². The molecule has 2 N–H and O–H groups in total. The van der Waals surface area contributed by atoms with E-state index in [4.69, 9.17) is 9.36 Å². The Morgan fingerprint density at radius 1 is 1.43 bits per heavy atom. The minimum absolute atomic E-state index is 0.0937. The lowest BCUT2D eigenvalue weighted by Crippen LogP contribution is -2.33. The fourth-order valence-electron chi connectivity index (χ4n) is 3.59. The second-order valence-electron chi connectivity index (χ2n) is 8.25. The van der Waals surface area contributed by atoms with Crippen LogP contribution in [0.2, 0.25) is 0 Å². The first kappa shape index (κ1) is 19.6. The molecular formula is C18H24FN3O5S. The van der Waals surface area contributed by atoms with Crippen LogP contribution < -0.4 is 5.32 Å². The van der Waals surface area contributed by atoms with E-state index in [9.17, 15) is 17.9 Å². The zero-order chi connectivity index (χ0) is 20.3. The number of benzene rings is 1. The van der Waals surface area contributed by atoms with Gasteiger partial charge < -0.3 is 14.9 Å². The lowest BCUT2D eigenvalue weighted by molar-refractivity contribution is -0.168. The summed E-state index contributed by atoms with van der Waals surface area (Å²) in [5, 5.41) is 17.6. The van der Waals surface area contributed by atoms with Gasteiger partial charge in [-0.2, -0.15) is 5.06 Å². The molecule has 1 aliphatic heterocycles. The van der Waals surface area contributed by atoms with Crippen LogP contribution in [0.5, 0.6) is 0 Å². The zero-order valence-corrected chi connectivity index (χ0v) is 16.8. The number of aliphatic hydroxyl groups is 1. The van der Waals surface area contributed by atoms with Crippen molar-refractivity contribution in [2.24, 2.45) is 5.92 Å². The number of anilines is 1. The maximum Gasteiger partial charge on any atom is 0.174 e.